The van der Waals surface area contributed by atoms with E-state index < -0.39 is 0 Å². The monoisotopic (exact) mass is 217 g/mol. The molecule has 0 spiro atoms. The number of H-pyrrole nitrogens is 1. The van der Waals surface area contributed by atoms with Gasteiger partial charge in [0.1, 0.15) is 0 Å². The van der Waals surface area contributed by atoms with Crippen molar-refractivity contribution in [3.05, 3.63) is 35.5 Å². The highest BCUT2D eigenvalue weighted by Crippen LogP contribution is 2.17. The Morgan fingerprint density at radius 2 is 2.12 bits per heavy atom. The van der Waals surface area contributed by atoms with Gasteiger partial charge in [-0.3, -0.25) is 0 Å². The van der Waals surface area contributed by atoms with Crippen molar-refractivity contribution in [3.63, 3.8) is 0 Å². The molecule has 86 valence electrons. The summed E-state index contributed by atoms with van der Waals surface area (Å²) >= 11 is 0. The molecule has 3 nitrogen and oxygen atoms in total. The first-order valence-corrected chi connectivity index (χ1v) is 5.73. The fraction of sp³-hybridized carbons (Fsp3) is 0.385. The van der Waals surface area contributed by atoms with Crippen molar-refractivity contribution in [2.45, 2.75) is 33.0 Å². The highest BCUT2D eigenvalue weighted by Gasteiger charge is 2.02. The fourth-order valence-electron chi connectivity index (χ4n) is 1.78. The Morgan fingerprint density at radius 3 is 2.81 bits per heavy atom. The second-order valence-corrected chi connectivity index (χ2v) is 4.46. The lowest BCUT2D eigenvalue weighted by atomic mass is 10.1. The standard InChI is InChI=1S/C13H19N3/c1-9(2)15-8-12-6-11-5-10(7-14)3-4-13(11)16-12/h3-6,9,15-16H,7-8,14H2,1-2H3. The Kier molecular flexibility index (Phi) is 3.27. The average Bonchev–Trinajstić information content (AvgIpc) is 2.67. The molecule has 0 saturated carbocycles. The zero-order valence-corrected chi connectivity index (χ0v) is 9.88. The summed E-state index contributed by atoms with van der Waals surface area (Å²) in [6, 6.07) is 9.00. The first kappa shape index (κ1) is 11.2. The van der Waals surface area contributed by atoms with E-state index in [4.69, 9.17) is 5.73 Å². The van der Waals surface area contributed by atoms with Crippen LogP contribution in [0.15, 0.2) is 24.3 Å². The maximum absolute atomic E-state index is 5.62. The average molecular weight is 217 g/mol. The van der Waals surface area contributed by atoms with Crippen LogP contribution in [-0.4, -0.2) is 11.0 Å². The van der Waals surface area contributed by atoms with Crippen LogP contribution in [0, 0.1) is 0 Å². The summed E-state index contributed by atoms with van der Waals surface area (Å²) in [6.07, 6.45) is 0. The van der Waals surface area contributed by atoms with Crippen LogP contribution in [0.5, 0.6) is 0 Å². The first-order valence-electron chi connectivity index (χ1n) is 5.73. The van der Waals surface area contributed by atoms with Gasteiger partial charge in [0.05, 0.1) is 0 Å². The summed E-state index contributed by atoms with van der Waals surface area (Å²) in [7, 11) is 0. The van der Waals surface area contributed by atoms with Crippen molar-refractivity contribution in [3.8, 4) is 0 Å². The second kappa shape index (κ2) is 4.68. The van der Waals surface area contributed by atoms with E-state index in [9.17, 15) is 0 Å². The third kappa shape index (κ3) is 2.43. The van der Waals surface area contributed by atoms with Crippen LogP contribution >= 0.6 is 0 Å². The number of benzene rings is 1. The Balaban J connectivity index is 2.22. The van der Waals surface area contributed by atoms with Gasteiger partial charge in [0, 0.05) is 35.7 Å². The largest absolute Gasteiger partial charge is 0.357 e. The van der Waals surface area contributed by atoms with Crippen LogP contribution in [0.25, 0.3) is 10.9 Å². The highest BCUT2D eigenvalue weighted by molar-refractivity contribution is 5.81. The molecule has 2 aromatic rings. The van der Waals surface area contributed by atoms with Crippen LogP contribution in [-0.2, 0) is 13.1 Å². The molecule has 1 aromatic heterocycles. The predicted octanol–water partition coefficient (Wildman–Crippen LogP) is 2.12. The quantitative estimate of drug-likeness (QED) is 0.734. The van der Waals surface area contributed by atoms with Crippen LogP contribution in [0.1, 0.15) is 25.1 Å². The van der Waals surface area contributed by atoms with Gasteiger partial charge in [0.2, 0.25) is 0 Å². The molecule has 0 atom stereocenters. The summed E-state index contributed by atoms with van der Waals surface area (Å²) in [6.45, 7) is 5.77. The SMILES string of the molecule is CC(C)NCc1cc2cc(CN)ccc2[nH]1. The maximum Gasteiger partial charge on any atom is 0.0456 e. The Bertz CT molecular complexity index is 471. The third-order valence-electron chi connectivity index (χ3n) is 2.68. The van der Waals surface area contributed by atoms with Gasteiger partial charge in [0.25, 0.3) is 0 Å². The number of rotatable bonds is 4. The molecule has 0 aliphatic heterocycles. The lowest BCUT2D eigenvalue weighted by Crippen LogP contribution is -2.21. The molecule has 2 rings (SSSR count). The van der Waals surface area contributed by atoms with Crippen LogP contribution in [0.4, 0.5) is 0 Å². The van der Waals surface area contributed by atoms with E-state index in [2.05, 4.69) is 48.4 Å². The number of aromatic nitrogens is 1. The van der Waals surface area contributed by atoms with Gasteiger partial charge in [-0.25, -0.2) is 0 Å². The Morgan fingerprint density at radius 1 is 1.31 bits per heavy atom. The van der Waals surface area contributed by atoms with E-state index >= 15 is 0 Å². The zero-order chi connectivity index (χ0) is 11.5. The molecule has 0 unspecified atom stereocenters. The molecular formula is C13H19N3. The molecule has 0 aliphatic carbocycles. The number of hydrogen-bond acceptors (Lipinski definition) is 2. The zero-order valence-electron chi connectivity index (χ0n) is 9.88. The first-order chi connectivity index (χ1) is 7.69. The third-order valence-corrected chi connectivity index (χ3v) is 2.68. The summed E-state index contributed by atoms with van der Waals surface area (Å²) in [5.74, 6) is 0. The van der Waals surface area contributed by atoms with E-state index in [-0.39, 0.29) is 0 Å². The number of fused-ring (bicyclic) bond motifs is 1. The van der Waals surface area contributed by atoms with Gasteiger partial charge in [-0.2, -0.15) is 0 Å². The second-order valence-electron chi connectivity index (χ2n) is 4.46. The van der Waals surface area contributed by atoms with Crippen molar-refractivity contribution >= 4 is 10.9 Å². The number of nitrogens with two attached hydrogens (primary N) is 1. The van der Waals surface area contributed by atoms with Crippen molar-refractivity contribution in [1.29, 1.82) is 0 Å². The molecule has 0 bridgehead atoms. The van der Waals surface area contributed by atoms with E-state index in [1.165, 1.54) is 22.2 Å². The van der Waals surface area contributed by atoms with E-state index in [1.807, 2.05) is 0 Å². The molecule has 16 heavy (non-hydrogen) atoms. The summed E-state index contributed by atoms with van der Waals surface area (Å²) < 4.78 is 0. The molecule has 0 saturated heterocycles. The number of nitrogens with one attached hydrogen (secondary N) is 2. The Hall–Kier alpha value is -1.32. The number of hydrogen-bond donors (Lipinski definition) is 3. The number of aromatic amines is 1. The smallest absolute Gasteiger partial charge is 0.0456 e. The lowest BCUT2D eigenvalue weighted by molar-refractivity contribution is 0.583. The Labute approximate surface area is 96.0 Å². The summed E-state index contributed by atoms with van der Waals surface area (Å²) in [4.78, 5) is 3.40. The lowest BCUT2D eigenvalue weighted by Gasteiger charge is -2.05. The van der Waals surface area contributed by atoms with Crippen LogP contribution in [0.3, 0.4) is 0 Å². The highest BCUT2D eigenvalue weighted by atomic mass is 14.9. The molecular weight excluding hydrogens is 198 g/mol. The van der Waals surface area contributed by atoms with Crippen LogP contribution in [0.2, 0.25) is 0 Å². The summed E-state index contributed by atoms with van der Waals surface area (Å²) in [5, 5.41) is 4.63. The van der Waals surface area contributed by atoms with E-state index in [0.29, 0.717) is 12.6 Å². The molecule has 1 aromatic carbocycles. The predicted molar refractivity (Wildman–Crippen MR) is 68.2 cm³/mol. The van der Waals surface area contributed by atoms with Crippen molar-refractivity contribution in [2.24, 2.45) is 5.73 Å². The van der Waals surface area contributed by atoms with Crippen LogP contribution < -0.4 is 11.1 Å². The molecule has 0 amide bonds. The van der Waals surface area contributed by atoms with Gasteiger partial charge in [-0.05, 0) is 23.8 Å². The van der Waals surface area contributed by atoms with Crippen molar-refractivity contribution in [1.82, 2.24) is 10.3 Å². The van der Waals surface area contributed by atoms with E-state index in [1.54, 1.807) is 0 Å². The molecule has 0 aliphatic rings. The topological polar surface area (TPSA) is 53.8 Å². The van der Waals surface area contributed by atoms with Gasteiger partial charge >= 0.3 is 0 Å². The molecule has 0 radical (unpaired) electrons. The van der Waals surface area contributed by atoms with E-state index in [0.717, 1.165) is 6.54 Å². The van der Waals surface area contributed by atoms with Gasteiger partial charge in [-0.15, -0.1) is 0 Å². The van der Waals surface area contributed by atoms with Gasteiger partial charge in [-0.1, -0.05) is 19.9 Å². The minimum Gasteiger partial charge on any atom is -0.357 e. The van der Waals surface area contributed by atoms with Gasteiger partial charge in [0.15, 0.2) is 0 Å². The fourth-order valence-corrected chi connectivity index (χ4v) is 1.78. The summed E-state index contributed by atoms with van der Waals surface area (Å²) in [5.41, 5.74) is 9.20. The van der Waals surface area contributed by atoms with Crippen molar-refractivity contribution < 1.29 is 0 Å². The van der Waals surface area contributed by atoms with Crippen molar-refractivity contribution in [2.75, 3.05) is 0 Å². The molecule has 1 heterocycles. The maximum atomic E-state index is 5.62. The molecule has 0 fully saturated rings. The normalized spacial score (nSPS) is 11.5. The minimum atomic E-state index is 0.506. The minimum absolute atomic E-state index is 0.506. The molecule has 3 heteroatoms. The molecule has 4 N–H and O–H groups in total. The van der Waals surface area contributed by atoms with Gasteiger partial charge < -0.3 is 16.0 Å².